The Morgan fingerprint density at radius 2 is 1.62 bits per heavy atom. The number of guanidine groups is 1. The van der Waals surface area contributed by atoms with E-state index in [-0.39, 0.29) is 36.9 Å². The van der Waals surface area contributed by atoms with Crippen LogP contribution in [-0.2, 0) is 33.6 Å². The van der Waals surface area contributed by atoms with Crippen LogP contribution < -0.4 is 55.3 Å². The van der Waals surface area contributed by atoms with Crippen LogP contribution >= 0.6 is 21.6 Å². The Hall–Kier alpha value is -3.82. The van der Waals surface area contributed by atoms with Crippen molar-refractivity contribution >= 4 is 69.0 Å². The molecule has 254 valence electrons. The van der Waals surface area contributed by atoms with E-state index in [0.29, 0.717) is 25.8 Å². The molecule has 1 heterocycles. The van der Waals surface area contributed by atoms with E-state index in [4.69, 9.17) is 28.7 Å². The molecule has 0 aromatic heterocycles. The number of nitrogens with one attached hydrogen (secondary N) is 5. The molecule has 45 heavy (non-hydrogen) atoms. The zero-order valence-corrected chi connectivity index (χ0v) is 26.3. The van der Waals surface area contributed by atoms with Crippen molar-refractivity contribution in [1.29, 1.82) is 0 Å². The van der Waals surface area contributed by atoms with Crippen LogP contribution in [0.25, 0.3) is 0 Å². The van der Waals surface area contributed by atoms with Crippen molar-refractivity contribution in [3.05, 3.63) is 0 Å². The summed E-state index contributed by atoms with van der Waals surface area (Å²) in [5.41, 5.74) is 27.3. The van der Waals surface area contributed by atoms with Crippen molar-refractivity contribution in [1.82, 2.24) is 26.6 Å². The third-order valence-electron chi connectivity index (χ3n) is 6.16. The number of carbonyl (C=O) groups excluding carboxylic acids is 6. The van der Waals surface area contributed by atoms with Gasteiger partial charge in [0.25, 0.3) is 0 Å². The Bertz CT molecular complexity index is 1090. The normalized spacial score (nSPS) is 22.8. The lowest BCUT2D eigenvalue weighted by atomic mass is 10.1. The van der Waals surface area contributed by atoms with Gasteiger partial charge in [0.1, 0.15) is 24.2 Å². The lowest BCUT2D eigenvalue weighted by Gasteiger charge is -2.23. The quantitative estimate of drug-likeness (QED) is 0.0376. The average molecular weight is 678 g/mol. The monoisotopic (exact) mass is 677 g/mol. The Morgan fingerprint density at radius 3 is 2.24 bits per heavy atom. The van der Waals surface area contributed by atoms with E-state index in [0.717, 1.165) is 21.6 Å². The lowest BCUT2D eigenvalue weighted by molar-refractivity contribution is -0.141. The van der Waals surface area contributed by atoms with Gasteiger partial charge in [-0.25, -0.2) is 4.79 Å². The maximum absolute atomic E-state index is 13.2. The van der Waals surface area contributed by atoms with Crippen molar-refractivity contribution < 1.29 is 38.7 Å². The molecular weight excluding hydrogens is 634 g/mol. The van der Waals surface area contributed by atoms with Gasteiger partial charge in [-0.15, -0.1) is 0 Å². The fourth-order valence-corrected chi connectivity index (χ4v) is 6.09. The maximum atomic E-state index is 13.2. The molecule has 5 atom stereocenters. The van der Waals surface area contributed by atoms with E-state index in [2.05, 4.69) is 31.6 Å². The molecule has 0 unspecified atom stereocenters. The van der Waals surface area contributed by atoms with Crippen LogP contribution in [0.1, 0.15) is 38.5 Å². The van der Waals surface area contributed by atoms with Gasteiger partial charge in [-0.05, 0) is 32.2 Å². The van der Waals surface area contributed by atoms with Crippen LogP contribution in [0.5, 0.6) is 0 Å². The summed E-state index contributed by atoms with van der Waals surface area (Å²) < 4.78 is 0. The van der Waals surface area contributed by atoms with Crippen molar-refractivity contribution in [3.8, 4) is 0 Å². The number of carboxylic acid groups (broad SMARTS) is 1. The minimum atomic E-state index is -1.51. The first kappa shape index (κ1) is 39.2. The molecule has 1 rings (SSSR count). The SMILES string of the molecule is NCCCC[C@H](N)C(=O)N[C@H]1CSSC[C@@H](C(=O)O)NC(=O)[C@H](CCCN=C(N)N)NC(=O)CNC(=O)[C@H](CC(N)=O)NC1=O. The fraction of sp³-hybridized carbons (Fsp3) is 0.667. The van der Waals surface area contributed by atoms with Gasteiger partial charge in [0.2, 0.25) is 35.4 Å². The molecule has 1 aliphatic heterocycles. The second-order valence-corrected chi connectivity index (χ2v) is 12.5. The first-order valence-electron chi connectivity index (χ1n) is 14.0. The molecule has 21 heteroatoms. The number of hydrogen-bond acceptors (Lipinski definition) is 12. The molecule has 6 amide bonds. The summed E-state index contributed by atoms with van der Waals surface area (Å²) in [6, 6.07) is -6.35. The number of hydrogen-bond donors (Lipinski definition) is 11. The highest BCUT2D eigenvalue weighted by Gasteiger charge is 2.31. The maximum Gasteiger partial charge on any atom is 0.327 e. The summed E-state index contributed by atoms with van der Waals surface area (Å²) in [5, 5.41) is 21.6. The van der Waals surface area contributed by atoms with E-state index in [1.54, 1.807) is 0 Å². The molecule has 1 saturated heterocycles. The smallest absolute Gasteiger partial charge is 0.327 e. The molecule has 0 spiro atoms. The Morgan fingerprint density at radius 1 is 0.933 bits per heavy atom. The molecule has 0 radical (unpaired) electrons. The number of unbranched alkanes of at least 4 members (excludes halogenated alkanes) is 1. The second kappa shape index (κ2) is 21.0. The Labute approximate surface area is 267 Å². The van der Waals surface area contributed by atoms with Crippen LogP contribution in [-0.4, -0.2) is 114 Å². The van der Waals surface area contributed by atoms with Gasteiger partial charge in [0.15, 0.2) is 5.96 Å². The lowest BCUT2D eigenvalue weighted by Crippen LogP contribution is -2.58. The summed E-state index contributed by atoms with van der Waals surface area (Å²) in [6.07, 6.45) is 1.13. The van der Waals surface area contributed by atoms with E-state index in [1.807, 2.05) is 0 Å². The molecule has 0 aromatic rings. The second-order valence-electron chi connectivity index (χ2n) is 9.94. The number of carboxylic acids is 1. The number of nitrogens with two attached hydrogens (primary N) is 5. The first-order chi connectivity index (χ1) is 21.2. The zero-order valence-electron chi connectivity index (χ0n) is 24.6. The van der Waals surface area contributed by atoms with Crippen LogP contribution in [0.2, 0.25) is 0 Å². The van der Waals surface area contributed by atoms with Crippen molar-refractivity contribution in [2.45, 2.75) is 68.7 Å². The number of aliphatic imine (C=N–C) groups is 1. The highest BCUT2D eigenvalue weighted by atomic mass is 33.1. The first-order valence-corrected chi connectivity index (χ1v) is 16.5. The van der Waals surface area contributed by atoms with Gasteiger partial charge < -0.3 is 60.4 Å². The highest BCUT2D eigenvalue weighted by molar-refractivity contribution is 8.76. The molecule has 0 bridgehead atoms. The molecule has 16 N–H and O–H groups in total. The molecule has 0 aliphatic carbocycles. The van der Waals surface area contributed by atoms with Gasteiger partial charge in [0.05, 0.1) is 19.0 Å². The number of primary amides is 1. The van der Waals surface area contributed by atoms with Gasteiger partial charge in [0, 0.05) is 18.1 Å². The molecule has 0 saturated carbocycles. The molecular formula is C24H43N11O8S2. The molecule has 0 aromatic carbocycles. The number of rotatable bonds is 13. The molecule has 1 aliphatic rings. The van der Waals surface area contributed by atoms with E-state index >= 15 is 0 Å². The van der Waals surface area contributed by atoms with Crippen LogP contribution in [0.3, 0.4) is 0 Å². The number of nitrogens with zero attached hydrogens (tertiary/aromatic N) is 1. The largest absolute Gasteiger partial charge is 0.480 e. The third-order valence-corrected chi connectivity index (χ3v) is 8.59. The average Bonchev–Trinajstić information content (AvgIpc) is 2.96. The number of aliphatic carboxylic acids is 1. The van der Waals surface area contributed by atoms with Crippen LogP contribution in [0.4, 0.5) is 0 Å². The standard InChI is InChI=1S/C24H43N11O8S2/c25-6-2-1-4-12(26)19(38)34-15-10-44-45-11-16(23(42)43)35-21(40)13(5-3-7-30-24(28)29)32-18(37)9-31-20(39)14(8-17(27)36)33-22(15)41/h12-16H,1-11,25-26H2,(H2,27,36)(H,31,39)(H,32,37)(H,33,41)(H,34,38)(H,35,40)(H,42,43)(H4,28,29,30)/t12-,13-,14-,15-,16-/m0/s1. The summed E-state index contributed by atoms with van der Waals surface area (Å²) in [4.78, 5) is 91.9. The Balaban J connectivity index is 3.24. The fourth-order valence-electron chi connectivity index (χ4n) is 3.77. The van der Waals surface area contributed by atoms with E-state index in [1.165, 1.54) is 0 Å². The topological polar surface area (TPSA) is 342 Å². The van der Waals surface area contributed by atoms with Gasteiger partial charge in [-0.2, -0.15) is 0 Å². The minimum absolute atomic E-state index is 0.0205. The van der Waals surface area contributed by atoms with E-state index < -0.39 is 84.6 Å². The van der Waals surface area contributed by atoms with Crippen molar-refractivity contribution in [2.24, 2.45) is 33.7 Å². The Kier molecular flexibility index (Phi) is 18.3. The molecule has 19 nitrogen and oxygen atoms in total. The third kappa shape index (κ3) is 16.2. The van der Waals surface area contributed by atoms with Crippen LogP contribution in [0, 0.1) is 0 Å². The number of amides is 6. The van der Waals surface area contributed by atoms with E-state index in [9.17, 15) is 38.7 Å². The summed E-state index contributed by atoms with van der Waals surface area (Å²) in [5.74, 6) is -6.83. The van der Waals surface area contributed by atoms with Crippen LogP contribution in [0.15, 0.2) is 4.99 Å². The number of carbonyl (C=O) groups is 7. The summed E-state index contributed by atoms with van der Waals surface area (Å²) in [6.45, 7) is -0.137. The predicted octanol–water partition coefficient (Wildman–Crippen LogP) is -5.09. The summed E-state index contributed by atoms with van der Waals surface area (Å²) >= 11 is 0. The highest BCUT2D eigenvalue weighted by Crippen LogP contribution is 2.23. The minimum Gasteiger partial charge on any atom is -0.480 e. The van der Waals surface area contributed by atoms with Crippen molar-refractivity contribution in [3.63, 3.8) is 0 Å². The van der Waals surface area contributed by atoms with Gasteiger partial charge in [-0.1, -0.05) is 28.0 Å². The summed E-state index contributed by atoms with van der Waals surface area (Å²) in [7, 11) is 1.99. The van der Waals surface area contributed by atoms with Gasteiger partial charge in [-0.3, -0.25) is 33.8 Å². The van der Waals surface area contributed by atoms with Gasteiger partial charge >= 0.3 is 5.97 Å². The van der Waals surface area contributed by atoms with Crippen molar-refractivity contribution in [2.75, 3.05) is 31.1 Å². The zero-order chi connectivity index (χ0) is 33.9. The molecule has 1 fully saturated rings. The predicted molar refractivity (Wildman–Crippen MR) is 168 cm³/mol.